The van der Waals surface area contributed by atoms with E-state index in [1.165, 1.54) is 5.56 Å². The first-order valence-corrected chi connectivity index (χ1v) is 7.38. The third-order valence-electron chi connectivity index (χ3n) is 3.43. The summed E-state index contributed by atoms with van der Waals surface area (Å²) >= 11 is 0. The molecule has 2 heteroatoms. The largest absolute Gasteiger partial charge is 0.391 e. The van der Waals surface area contributed by atoms with Crippen molar-refractivity contribution in [3.05, 3.63) is 35.9 Å². The third kappa shape index (κ3) is 5.75. The minimum atomic E-state index is -0.424. The molecular weight excluding hydrogens is 236 g/mol. The molecule has 0 saturated carbocycles. The first-order chi connectivity index (χ1) is 9.04. The van der Waals surface area contributed by atoms with Crippen LogP contribution in [0.25, 0.3) is 0 Å². The van der Waals surface area contributed by atoms with Gasteiger partial charge in [0.05, 0.1) is 12.2 Å². The Bertz CT molecular complexity index is 332. The van der Waals surface area contributed by atoms with Gasteiger partial charge in [0.15, 0.2) is 0 Å². The summed E-state index contributed by atoms with van der Waals surface area (Å²) in [5.41, 5.74) is 1.31. The Labute approximate surface area is 117 Å². The Morgan fingerprint density at radius 2 is 1.74 bits per heavy atom. The average molecular weight is 264 g/mol. The summed E-state index contributed by atoms with van der Waals surface area (Å²) in [4.78, 5) is 0. The van der Waals surface area contributed by atoms with Gasteiger partial charge < -0.3 is 9.84 Å². The van der Waals surface area contributed by atoms with Crippen molar-refractivity contribution in [3.63, 3.8) is 0 Å². The lowest BCUT2D eigenvalue weighted by Gasteiger charge is -2.29. The topological polar surface area (TPSA) is 29.5 Å². The lowest BCUT2D eigenvalue weighted by atomic mass is 9.89. The van der Waals surface area contributed by atoms with Crippen molar-refractivity contribution in [1.29, 1.82) is 0 Å². The van der Waals surface area contributed by atoms with E-state index < -0.39 is 6.10 Å². The number of aliphatic hydroxyl groups excluding tert-OH is 1. The summed E-state index contributed by atoms with van der Waals surface area (Å²) in [6, 6.07) is 10.4. The minimum Gasteiger partial charge on any atom is -0.391 e. The van der Waals surface area contributed by atoms with Crippen molar-refractivity contribution < 1.29 is 9.84 Å². The minimum absolute atomic E-state index is 0.0763. The summed E-state index contributed by atoms with van der Waals surface area (Å²) in [5, 5.41) is 9.98. The third-order valence-corrected chi connectivity index (χ3v) is 3.43. The molecule has 0 aliphatic carbocycles. The van der Waals surface area contributed by atoms with E-state index in [0.717, 1.165) is 12.8 Å². The maximum atomic E-state index is 9.98. The van der Waals surface area contributed by atoms with Crippen molar-refractivity contribution in [1.82, 2.24) is 0 Å². The molecule has 0 amide bonds. The van der Waals surface area contributed by atoms with Gasteiger partial charge in [0.2, 0.25) is 0 Å². The zero-order valence-corrected chi connectivity index (χ0v) is 12.7. The van der Waals surface area contributed by atoms with Crippen LogP contribution in [0.4, 0.5) is 0 Å². The van der Waals surface area contributed by atoms with Crippen LogP contribution in [-0.4, -0.2) is 23.9 Å². The zero-order chi connectivity index (χ0) is 14.3. The Balaban J connectivity index is 2.67. The lowest BCUT2D eigenvalue weighted by Crippen LogP contribution is -2.36. The molecule has 1 N–H and O–H groups in total. The molecule has 0 aliphatic rings. The van der Waals surface area contributed by atoms with E-state index in [1.807, 2.05) is 13.0 Å². The van der Waals surface area contributed by atoms with Crippen molar-refractivity contribution in [2.75, 3.05) is 6.61 Å². The maximum Gasteiger partial charge on any atom is 0.0862 e. The number of hydrogen-bond donors (Lipinski definition) is 1. The second-order valence-electron chi connectivity index (χ2n) is 5.79. The Morgan fingerprint density at radius 1 is 1.11 bits per heavy atom. The first-order valence-electron chi connectivity index (χ1n) is 7.38. The lowest BCUT2D eigenvalue weighted by molar-refractivity contribution is -0.0704. The SMILES string of the molecule is CC[C@H](Cc1ccccc1)[C@@H](OCC(C)C)[C@H](C)O. The van der Waals surface area contributed by atoms with Crippen LogP contribution in [0.3, 0.4) is 0 Å². The van der Waals surface area contributed by atoms with Gasteiger partial charge in [-0.2, -0.15) is 0 Å². The van der Waals surface area contributed by atoms with E-state index in [-0.39, 0.29) is 6.10 Å². The number of aliphatic hydroxyl groups is 1. The molecule has 0 spiro atoms. The molecule has 0 radical (unpaired) electrons. The molecular formula is C17H28O2. The number of ether oxygens (including phenoxy) is 1. The predicted molar refractivity (Wildman–Crippen MR) is 80.2 cm³/mol. The van der Waals surface area contributed by atoms with Gasteiger partial charge in [0.25, 0.3) is 0 Å². The monoisotopic (exact) mass is 264 g/mol. The highest BCUT2D eigenvalue weighted by atomic mass is 16.5. The second kappa shape index (κ2) is 8.34. The predicted octanol–water partition coefficient (Wildman–Crippen LogP) is 3.68. The molecule has 108 valence electrons. The van der Waals surface area contributed by atoms with E-state index in [1.54, 1.807) is 0 Å². The molecule has 19 heavy (non-hydrogen) atoms. The average Bonchev–Trinajstić information content (AvgIpc) is 2.38. The van der Waals surface area contributed by atoms with Crippen LogP contribution in [0, 0.1) is 11.8 Å². The van der Waals surface area contributed by atoms with Gasteiger partial charge in [-0.25, -0.2) is 0 Å². The molecule has 0 bridgehead atoms. The fourth-order valence-corrected chi connectivity index (χ4v) is 2.38. The quantitative estimate of drug-likeness (QED) is 0.776. The molecule has 0 heterocycles. The molecule has 0 aliphatic heterocycles. The molecule has 1 rings (SSSR count). The Kier molecular flexibility index (Phi) is 7.11. The van der Waals surface area contributed by atoms with Crippen molar-refractivity contribution in [3.8, 4) is 0 Å². The summed E-state index contributed by atoms with van der Waals surface area (Å²) < 4.78 is 5.94. The smallest absolute Gasteiger partial charge is 0.0862 e. The highest BCUT2D eigenvalue weighted by Gasteiger charge is 2.25. The van der Waals surface area contributed by atoms with Gasteiger partial charge in [-0.05, 0) is 30.7 Å². The highest BCUT2D eigenvalue weighted by molar-refractivity contribution is 5.15. The van der Waals surface area contributed by atoms with E-state index in [0.29, 0.717) is 18.4 Å². The number of benzene rings is 1. The van der Waals surface area contributed by atoms with Crippen LogP contribution in [0.15, 0.2) is 30.3 Å². The Morgan fingerprint density at radius 3 is 2.21 bits per heavy atom. The van der Waals surface area contributed by atoms with Gasteiger partial charge in [0.1, 0.15) is 0 Å². The summed E-state index contributed by atoms with van der Waals surface area (Å²) in [7, 11) is 0. The summed E-state index contributed by atoms with van der Waals surface area (Å²) in [5.74, 6) is 0.858. The first kappa shape index (κ1) is 16.2. The van der Waals surface area contributed by atoms with Gasteiger partial charge in [0, 0.05) is 6.61 Å². The highest BCUT2D eigenvalue weighted by Crippen LogP contribution is 2.21. The van der Waals surface area contributed by atoms with Gasteiger partial charge in [-0.3, -0.25) is 0 Å². The Hall–Kier alpha value is -0.860. The van der Waals surface area contributed by atoms with Gasteiger partial charge in [-0.1, -0.05) is 57.5 Å². The van der Waals surface area contributed by atoms with Crippen LogP contribution in [0.5, 0.6) is 0 Å². The molecule has 2 nitrogen and oxygen atoms in total. The van der Waals surface area contributed by atoms with E-state index in [4.69, 9.17) is 4.74 Å². The molecule has 3 atom stereocenters. The number of hydrogen-bond acceptors (Lipinski definition) is 2. The summed E-state index contributed by atoms with van der Waals surface area (Å²) in [6.07, 6.45) is 1.48. The van der Waals surface area contributed by atoms with Crippen LogP contribution < -0.4 is 0 Å². The van der Waals surface area contributed by atoms with Crippen molar-refractivity contribution in [2.45, 2.75) is 52.7 Å². The molecule has 0 saturated heterocycles. The van der Waals surface area contributed by atoms with E-state index in [9.17, 15) is 5.11 Å². The van der Waals surface area contributed by atoms with Crippen LogP contribution in [-0.2, 0) is 11.2 Å². The standard InChI is InChI=1S/C17H28O2/c1-5-16(11-15-9-7-6-8-10-15)17(14(4)18)19-12-13(2)3/h6-10,13-14,16-18H,5,11-12H2,1-4H3/t14-,16+,17-/m0/s1. The van der Waals surface area contributed by atoms with Crippen molar-refractivity contribution >= 4 is 0 Å². The van der Waals surface area contributed by atoms with E-state index >= 15 is 0 Å². The molecule has 1 aromatic carbocycles. The fraction of sp³-hybridized carbons (Fsp3) is 0.647. The molecule has 1 aromatic rings. The molecule has 0 fully saturated rings. The fourth-order valence-electron chi connectivity index (χ4n) is 2.38. The van der Waals surface area contributed by atoms with Crippen LogP contribution in [0.1, 0.15) is 39.7 Å². The second-order valence-corrected chi connectivity index (χ2v) is 5.79. The van der Waals surface area contributed by atoms with Gasteiger partial charge in [-0.15, -0.1) is 0 Å². The van der Waals surface area contributed by atoms with Gasteiger partial charge >= 0.3 is 0 Å². The summed E-state index contributed by atoms with van der Waals surface area (Å²) in [6.45, 7) is 8.98. The zero-order valence-electron chi connectivity index (χ0n) is 12.7. The maximum absolute atomic E-state index is 9.98. The van der Waals surface area contributed by atoms with Crippen molar-refractivity contribution in [2.24, 2.45) is 11.8 Å². The van der Waals surface area contributed by atoms with E-state index in [2.05, 4.69) is 45.0 Å². The number of rotatable bonds is 8. The van der Waals surface area contributed by atoms with Crippen LogP contribution in [0.2, 0.25) is 0 Å². The normalized spacial score (nSPS) is 16.3. The van der Waals surface area contributed by atoms with Crippen LogP contribution >= 0.6 is 0 Å². The molecule has 0 unspecified atom stereocenters. The molecule has 0 aromatic heterocycles.